The predicted molar refractivity (Wildman–Crippen MR) is 81.5 cm³/mol. The number of rotatable bonds is 10. The van der Waals surface area contributed by atoms with Gasteiger partial charge in [0.05, 0.1) is 0 Å². The number of amides is 1. The van der Waals surface area contributed by atoms with Gasteiger partial charge in [-0.15, -0.1) is 0 Å². The molecule has 0 saturated heterocycles. The highest BCUT2D eigenvalue weighted by molar-refractivity contribution is 5.90. The van der Waals surface area contributed by atoms with Gasteiger partial charge in [-0.2, -0.15) is 0 Å². The van der Waals surface area contributed by atoms with Crippen molar-refractivity contribution in [2.45, 2.75) is 63.8 Å². The predicted octanol–water partition coefficient (Wildman–Crippen LogP) is -3.12. The summed E-state index contributed by atoms with van der Waals surface area (Å²) < 4.78 is 0. The molecule has 1 amide bonds. The van der Waals surface area contributed by atoms with Crippen LogP contribution in [0.2, 0.25) is 0 Å². The number of nitrogens with one attached hydrogen (secondary N) is 2. The van der Waals surface area contributed by atoms with E-state index in [0.29, 0.717) is 6.54 Å². The van der Waals surface area contributed by atoms with Crippen LogP contribution in [0.1, 0.15) is 27.7 Å². The number of carbonyl (C=O) groups excluding carboxylic acids is 2. The van der Waals surface area contributed by atoms with Gasteiger partial charge < -0.3 is 36.2 Å². The highest BCUT2D eigenvalue weighted by atomic mass is 16.4. The maximum absolute atomic E-state index is 11.6. The first-order valence-electron chi connectivity index (χ1n) is 7.39. The van der Waals surface area contributed by atoms with Crippen molar-refractivity contribution in [3.8, 4) is 0 Å². The summed E-state index contributed by atoms with van der Waals surface area (Å²) in [6.07, 6.45) is -8.39. The Kier molecular flexibility index (Phi) is 8.82. The average Bonchev–Trinajstić information content (AvgIpc) is 2.46. The third-order valence-electron chi connectivity index (χ3n) is 3.11. The summed E-state index contributed by atoms with van der Waals surface area (Å²) >= 11 is 0. The van der Waals surface area contributed by atoms with Crippen LogP contribution in [0.3, 0.4) is 0 Å². The van der Waals surface area contributed by atoms with Crippen molar-refractivity contribution in [3.05, 3.63) is 0 Å². The summed E-state index contributed by atoms with van der Waals surface area (Å²) in [5.74, 6) is -2.09. The molecule has 0 aliphatic carbocycles. The number of hydrogen-bond donors (Lipinski definition) is 7. The van der Waals surface area contributed by atoms with E-state index in [1.807, 2.05) is 13.8 Å². The van der Waals surface area contributed by atoms with E-state index in [1.54, 1.807) is 0 Å². The Balaban J connectivity index is 4.54. The van der Waals surface area contributed by atoms with Crippen molar-refractivity contribution in [2.75, 3.05) is 13.1 Å². The van der Waals surface area contributed by atoms with Gasteiger partial charge in [-0.25, -0.2) is 0 Å². The van der Waals surface area contributed by atoms with Gasteiger partial charge in [0.15, 0.2) is 11.9 Å². The van der Waals surface area contributed by atoms with Crippen molar-refractivity contribution < 1.29 is 35.1 Å². The van der Waals surface area contributed by atoms with Crippen LogP contribution in [0.4, 0.5) is 0 Å². The zero-order valence-corrected chi connectivity index (χ0v) is 13.9. The molecule has 0 aromatic rings. The van der Waals surface area contributed by atoms with Gasteiger partial charge in [0, 0.05) is 19.1 Å². The van der Waals surface area contributed by atoms with E-state index in [1.165, 1.54) is 0 Å². The molecule has 0 bridgehead atoms. The van der Waals surface area contributed by atoms with E-state index in [-0.39, 0.29) is 12.6 Å². The van der Waals surface area contributed by atoms with Crippen molar-refractivity contribution in [3.63, 3.8) is 0 Å². The van der Waals surface area contributed by atoms with E-state index in [4.69, 9.17) is 0 Å². The third kappa shape index (κ3) is 7.34. The van der Waals surface area contributed by atoms with Crippen LogP contribution in [-0.2, 0) is 9.59 Å². The summed E-state index contributed by atoms with van der Waals surface area (Å²) in [5.41, 5.74) is -1.93. The van der Waals surface area contributed by atoms with Gasteiger partial charge in [0.1, 0.15) is 23.9 Å². The molecule has 0 aromatic carbocycles. The number of aliphatic hydroxyl groups excluding tert-OH is 4. The molecule has 7 N–H and O–H groups in total. The Morgan fingerprint density at radius 2 is 1.43 bits per heavy atom. The minimum Gasteiger partial charge on any atom is -0.387 e. The summed E-state index contributed by atoms with van der Waals surface area (Å²) in [5, 5.41) is 53.5. The first-order chi connectivity index (χ1) is 10.4. The standard InChI is InChI=1S/C14H28N2O7/c1-7(2)15-5-6-16-13(22)11(20)9(18)8(17)10(19)12(21)14(3,4)23/h7-11,15,17-20,23H,5-6H2,1-4H3,(H,16,22)/t8-,9-,10?,11?/m0/s1. The molecule has 23 heavy (non-hydrogen) atoms. The molecule has 0 aliphatic heterocycles. The molecule has 9 nitrogen and oxygen atoms in total. The van der Waals surface area contributed by atoms with Gasteiger partial charge in [0.2, 0.25) is 0 Å². The minimum atomic E-state index is -2.14. The normalized spacial score (nSPS) is 17.5. The maximum Gasteiger partial charge on any atom is 0.251 e. The van der Waals surface area contributed by atoms with Crippen molar-refractivity contribution in [1.29, 1.82) is 0 Å². The average molecular weight is 336 g/mol. The SMILES string of the molecule is CC(C)NCCNC(=O)C(O)[C@@H](O)[C@H](O)C(O)C(=O)C(C)(C)O. The zero-order valence-electron chi connectivity index (χ0n) is 13.9. The first-order valence-corrected chi connectivity index (χ1v) is 7.39. The van der Waals surface area contributed by atoms with E-state index in [2.05, 4.69) is 10.6 Å². The van der Waals surface area contributed by atoms with E-state index in [9.17, 15) is 35.1 Å². The first kappa shape index (κ1) is 21.9. The number of ketones is 1. The molecule has 0 spiro atoms. The van der Waals surface area contributed by atoms with Crippen molar-refractivity contribution in [2.24, 2.45) is 0 Å². The Labute approximate surface area is 135 Å². The lowest BCUT2D eigenvalue weighted by Gasteiger charge is -2.28. The molecule has 9 heteroatoms. The topological polar surface area (TPSA) is 159 Å². The largest absolute Gasteiger partial charge is 0.387 e. The molecule has 4 atom stereocenters. The van der Waals surface area contributed by atoms with E-state index >= 15 is 0 Å². The van der Waals surface area contributed by atoms with Gasteiger partial charge in [-0.1, -0.05) is 13.8 Å². The monoisotopic (exact) mass is 336 g/mol. The van der Waals surface area contributed by atoms with Crippen LogP contribution in [0.25, 0.3) is 0 Å². The molecular weight excluding hydrogens is 308 g/mol. The molecule has 0 radical (unpaired) electrons. The van der Waals surface area contributed by atoms with Crippen LogP contribution in [0.5, 0.6) is 0 Å². The molecular formula is C14H28N2O7. The van der Waals surface area contributed by atoms with Gasteiger partial charge in [0.25, 0.3) is 5.91 Å². The number of aliphatic hydroxyl groups is 5. The van der Waals surface area contributed by atoms with Crippen LogP contribution in [-0.4, -0.2) is 86.4 Å². The van der Waals surface area contributed by atoms with E-state index < -0.39 is 41.7 Å². The summed E-state index contributed by atoms with van der Waals surface area (Å²) in [6.45, 7) is 6.65. The fraction of sp³-hybridized carbons (Fsp3) is 0.857. The van der Waals surface area contributed by atoms with Crippen LogP contribution >= 0.6 is 0 Å². The summed E-state index contributed by atoms with van der Waals surface area (Å²) in [4.78, 5) is 23.3. The molecule has 0 heterocycles. The second kappa shape index (κ2) is 9.26. The second-order valence-electron chi connectivity index (χ2n) is 6.19. The molecule has 0 fully saturated rings. The third-order valence-corrected chi connectivity index (χ3v) is 3.11. The molecule has 0 rings (SSSR count). The quantitative estimate of drug-likeness (QED) is 0.206. The van der Waals surface area contributed by atoms with Gasteiger partial charge >= 0.3 is 0 Å². The van der Waals surface area contributed by atoms with Crippen LogP contribution in [0, 0.1) is 0 Å². The highest BCUT2D eigenvalue weighted by Gasteiger charge is 2.41. The lowest BCUT2D eigenvalue weighted by atomic mass is 9.92. The Morgan fingerprint density at radius 3 is 1.87 bits per heavy atom. The Bertz CT molecular complexity index is 395. The molecule has 0 aromatic heterocycles. The highest BCUT2D eigenvalue weighted by Crippen LogP contribution is 2.13. The fourth-order valence-electron chi connectivity index (χ4n) is 1.70. The molecule has 0 saturated carbocycles. The van der Waals surface area contributed by atoms with Crippen molar-refractivity contribution >= 4 is 11.7 Å². The lowest BCUT2D eigenvalue weighted by Crippen LogP contribution is -2.55. The Morgan fingerprint density at radius 1 is 0.957 bits per heavy atom. The second-order valence-corrected chi connectivity index (χ2v) is 6.19. The number of carbonyl (C=O) groups is 2. The fourth-order valence-corrected chi connectivity index (χ4v) is 1.70. The van der Waals surface area contributed by atoms with Gasteiger partial charge in [-0.05, 0) is 13.8 Å². The number of hydrogen-bond acceptors (Lipinski definition) is 8. The summed E-state index contributed by atoms with van der Waals surface area (Å²) in [6, 6.07) is 0.215. The molecule has 136 valence electrons. The maximum atomic E-state index is 11.6. The Hall–Kier alpha value is -1.10. The van der Waals surface area contributed by atoms with Gasteiger partial charge in [-0.3, -0.25) is 9.59 Å². The molecule has 2 unspecified atom stereocenters. The van der Waals surface area contributed by atoms with Crippen LogP contribution in [0.15, 0.2) is 0 Å². The summed E-state index contributed by atoms with van der Waals surface area (Å²) in [7, 11) is 0. The van der Waals surface area contributed by atoms with Crippen LogP contribution < -0.4 is 10.6 Å². The van der Waals surface area contributed by atoms with E-state index in [0.717, 1.165) is 13.8 Å². The van der Waals surface area contributed by atoms with Crippen molar-refractivity contribution in [1.82, 2.24) is 10.6 Å². The number of Topliss-reactive ketones (excluding diaryl/α,β-unsaturated/α-hetero) is 1. The minimum absolute atomic E-state index is 0.183. The lowest BCUT2D eigenvalue weighted by molar-refractivity contribution is -0.163. The smallest absolute Gasteiger partial charge is 0.251 e. The molecule has 0 aliphatic rings. The zero-order chi connectivity index (χ0) is 18.4.